The smallest absolute Gasteiger partial charge is 0.240 e. The molecule has 0 saturated heterocycles. The number of hydrogen-bond acceptors (Lipinski definition) is 6. The number of carbonyl (C=O) groups is 2. The molecule has 0 aliphatic rings. The summed E-state index contributed by atoms with van der Waals surface area (Å²) in [6.07, 6.45) is 9.56. The van der Waals surface area contributed by atoms with Gasteiger partial charge in [0, 0.05) is 32.9 Å². The molecule has 0 fully saturated rings. The Morgan fingerprint density at radius 2 is 1.11 bits per heavy atom. The lowest BCUT2D eigenvalue weighted by molar-refractivity contribution is -0.122. The highest BCUT2D eigenvalue weighted by Crippen LogP contribution is 2.22. The van der Waals surface area contributed by atoms with Crippen molar-refractivity contribution in [3.05, 3.63) is 56.5 Å². The lowest BCUT2D eigenvalue weighted by Gasteiger charge is -2.05. The predicted octanol–water partition coefficient (Wildman–Crippen LogP) is 5.95. The first-order valence-electron chi connectivity index (χ1n) is 11.7. The number of hydrazone groups is 2. The molecule has 0 bridgehead atoms. The van der Waals surface area contributed by atoms with Gasteiger partial charge in [0.2, 0.25) is 11.8 Å². The summed E-state index contributed by atoms with van der Waals surface area (Å²) in [7, 11) is 3.18. The highest BCUT2D eigenvalue weighted by Gasteiger charge is 2.04. The van der Waals surface area contributed by atoms with Crippen LogP contribution in [0.15, 0.2) is 55.5 Å². The van der Waals surface area contributed by atoms with Crippen LogP contribution in [0.25, 0.3) is 0 Å². The summed E-state index contributed by atoms with van der Waals surface area (Å²) in [4.78, 5) is 23.9. The summed E-state index contributed by atoms with van der Waals surface area (Å²) in [5, 5.41) is 8.03. The number of ether oxygens (including phenoxy) is 2. The van der Waals surface area contributed by atoms with Crippen molar-refractivity contribution in [3.63, 3.8) is 0 Å². The first kappa shape index (κ1) is 29.5. The van der Waals surface area contributed by atoms with E-state index in [2.05, 4.69) is 52.9 Å². The van der Waals surface area contributed by atoms with Gasteiger partial charge in [0.15, 0.2) is 0 Å². The third-order valence-corrected chi connectivity index (χ3v) is 6.21. The van der Waals surface area contributed by atoms with Gasteiger partial charge < -0.3 is 9.47 Å². The van der Waals surface area contributed by atoms with E-state index in [-0.39, 0.29) is 11.8 Å². The second-order valence-corrected chi connectivity index (χ2v) is 9.81. The van der Waals surface area contributed by atoms with Crippen molar-refractivity contribution in [1.82, 2.24) is 10.9 Å². The zero-order chi connectivity index (χ0) is 26.2. The monoisotopic (exact) mass is 622 g/mol. The van der Waals surface area contributed by atoms with E-state index in [4.69, 9.17) is 9.47 Å². The van der Waals surface area contributed by atoms with E-state index in [9.17, 15) is 9.59 Å². The summed E-state index contributed by atoms with van der Waals surface area (Å²) >= 11 is 6.81. The summed E-state index contributed by atoms with van der Waals surface area (Å²) in [6.45, 7) is 0. The number of nitrogens with zero attached hydrogens (tertiary/aromatic N) is 2. The molecule has 0 atom stereocenters. The lowest BCUT2D eigenvalue weighted by atomic mass is 10.1. The highest BCUT2D eigenvalue weighted by atomic mass is 79.9. The van der Waals surface area contributed by atoms with Gasteiger partial charge in [0.1, 0.15) is 11.5 Å². The normalized spacial score (nSPS) is 11.1. The van der Waals surface area contributed by atoms with Crippen LogP contribution in [-0.4, -0.2) is 38.5 Å². The van der Waals surface area contributed by atoms with Gasteiger partial charge in [-0.15, -0.1) is 0 Å². The third kappa shape index (κ3) is 11.3. The average Bonchev–Trinajstić information content (AvgIpc) is 2.86. The van der Waals surface area contributed by atoms with E-state index in [1.165, 1.54) is 0 Å². The zero-order valence-electron chi connectivity index (χ0n) is 20.6. The van der Waals surface area contributed by atoms with Crippen LogP contribution >= 0.6 is 31.9 Å². The average molecular weight is 624 g/mol. The topological polar surface area (TPSA) is 101 Å². The van der Waals surface area contributed by atoms with Gasteiger partial charge in [-0.2, -0.15) is 10.2 Å². The molecule has 2 aromatic carbocycles. The molecule has 2 amide bonds. The van der Waals surface area contributed by atoms with Crippen LogP contribution in [0, 0.1) is 0 Å². The number of benzene rings is 2. The molecule has 194 valence electrons. The van der Waals surface area contributed by atoms with Crippen molar-refractivity contribution in [2.75, 3.05) is 14.2 Å². The Morgan fingerprint density at radius 1 is 0.722 bits per heavy atom. The van der Waals surface area contributed by atoms with E-state index in [0.717, 1.165) is 58.6 Å². The van der Waals surface area contributed by atoms with Crippen LogP contribution in [0.4, 0.5) is 0 Å². The van der Waals surface area contributed by atoms with E-state index >= 15 is 0 Å². The van der Waals surface area contributed by atoms with Crippen molar-refractivity contribution in [1.29, 1.82) is 0 Å². The van der Waals surface area contributed by atoms with Crippen molar-refractivity contribution in [2.24, 2.45) is 10.2 Å². The minimum atomic E-state index is -0.113. The van der Waals surface area contributed by atoms with Crippen LogP contribution in [0.2, 0.25) is 0 Å². The van der Waals surface area contributed by atoms with Crippen LogP contribution < -0.4 is 20.3 Å². The Kier molecular flexibility index (Phi) is 13.8. The molecule has 0 radical (unpaired) electrons. The number of carbonyl (C=O) groups excluding carboxylic acids is 2. The first-order chi connectivity index (χ1) is 17.4. The predicted molar refractivity (Wildman–Crippen MR) is 150 cm³/mol. The van der Waals surface area contributed by atoms with Gasteiger partial charge in [-0.1, -0.05) is 57.5 Å². The number of unbranched alkanes of at least 4 members (excludes halogenated alkanes) is 5. The maximum Gasteiger partial charge on any atom is 0.240 e. The molecular weight excluding hydrogens is 592 g/mol. The number of methoxy groups -OCH3 is 2. The highest BCUT2D eigenvalue weighted by molar-refractivity contribution is 9.10. The fourth-order valence-corrected chi connectivity index (χ4v) is 4.11. The van der Waals surface area contributed by atoms with Crippen molar-refractivity contribution in [3.8, 4) is 11.5 Å². The summed E-state index contributed by atoms with van der Waals surface area (Å²) in [5.74, 6) is 1.14. The Hall–Kier alpha value is -2.72. The molecule has 10 heteroatoms. The quantitative estimate of drug-likeness (QED) is 0.145. The zero-order valence-corrected chi connectivity index (χ0v) is 23.7. The summed E-state index contributed by atoms with van der Waals surface area (Å²) in [6, 6.07) is 11.2. The number of nitrogens with one attached hydrogen (secondary N) is 2. The summed E-state index contributed by atoms with van der Waals surface area (Å²) < 4.78 is 12.4. The molecule has 2 N–H and O–H groups in total. The van der Waals surface area contributed by atoms with Crippen LogP contribution in [0.1, 0.15) is 62.5 Å². The number of halogens is 2. The molecule has 0 spiro atoms. The summed E-state index contributed by atoms with van der Waals surface area (Å²) in [5.41, 5.74) is 6.66. The minimum Gasteiger partial charge on any atom is -0.496 e. The van der Waals surface area contributed by atoms with Crippen molar-refractivity contribution in [2.45, 2.75) is 51.4 Å². The molecule has 0 saturated carbocycles. The maximum atomic E-state index is 12.0. The fraction of sp³-hybridized carbons (Fsp3) is 0.385. The molecule has 0 unspecified atom stereocenters. The molecule has 2 aromatic rings. The maximum absolute atomic E-state index is 12.0. The molecule has 0 heterocycles. The molecule has 8 nitrogen and oxygen atoms in total. The Bertz CT molecular complexity index is 977. The first-order valence-corrected chi connectivity index (χ1v) is 13.3. The van der Waals surface area contributed by atoms with Crippen LogP contribution in [0.3, 0.4) is 0 Å². The van der Waals surface area contributed by atoms with Gasteiger partial charge >= 0.3 is 0 Å². The van der Waals surface area contributed by atoms with E-state index in [0.29, 0.717) is 24.3 Å². The van der Waals surface area contributed by atoms with Crippen molar-refractivity contribution < 1.29 is 19.1 Å². The van der Waals surface area contributed by atoms with Gasteiger partial charge in [-0.05, 0) is 49.2 Å². The molecular formula is C26H32Br2N4O4. The number of rotatable bonds is 15. The van der Waals surface area contributed by atoms with E-state index < -0.39 is 0 Å². The molecule has 0 aliphatic carbocycles. The lowest BCUT2D eigenvalue weighted by Crippen LogP contribution is -2.17. The van der Waals surface area contributed by atoms with Gasteiger partial charge in [-0.25, -0.2) is 10.9 Å². The number of amides is 2. The van der Waals surface area contributed by atoms with E-state index in [1.807, 2.05) is 36.4 Å². The molecule has 0 aromatic heterocycles. The van der Waals surface area contributed by atoms with Crippen molar-refractivity contribution >= 4 is 56.1 Å². The molecule has 36 heavy (non-hydrogen) atoms. The molecule has 0 aliphatic heterocycles. The van der Waals surface area contributed by atoms with Crippen LogP contribution in [0.5, 0.6) is 11.5 Å². The second-order valence-electron chi connectivity index (χ2n) is 7.98. The second kappa shape index (κ2) is 16.9. The Balaban J connectivity index is 1.52. The van der Waals surface area contributed by atoms with E-state index in [1.54, 1.807) is 26.6 Å². The third-order valence-electron chi connectivity index (χ3n) is 5.23. The molecule has 2 rings (SSSR count). The standard InChI is InChI=1S/C26H32Br2N4O4/c1-35-23-13-11-21(27)15-19(23)17-29-31-25(33)9-7-5-3-4-6-8-10-26(34)32-30-18-20-16-22(28)12-14-24(20)36-2/h11-18H,3-10H2,1-2H3,(H,31,33)(H,32,34)/b29-17-,30-18+. The minimum absolute atomic E-state index is 0.113. The van der Waals surface area contributed by atoms with Gasteiger partial charge in [0.05, 0.1) is 26.6 Å². The fourth-order valence-electron chi connectivity index (χ4n) is 3.35. The largest absolute Gasteiger partial charge is 0.496 e. The SMILES string of the molecule is COc1ccc(Br)cc1/C=N\NC(=O)CCCCCCCCC(=O)N/N=C/c1cc(Br)ccc1OC. The van der Waals surface area contributed by atoms with Crippen LogP contribution in [-0.2, 0) is 9.59 Å². The van der Waals surface area contributed by atoms with Gasteiger partial charge in [-0.3, -0.25) is 9.59 Å². The Labute approximate surface area is 229 Å². The number of hydrogen-bond donors (Lipinski definition) is 2. The Morgan fingerprint density at radius 3 is 1.50 bits per heavy atom. The van der Waals surface area contributed by atoms with Gasteiger partial charge in [0.25, 0.3) is 0 Å².